The highest BCUT2D eigenvalue weighted by Crippen LogP contribution is 2.37. The summed E-state index contributed by atoms with van der Waals surface area (Å²) in [7, 11) is 0. The van der Waals surface area contributed by atoms with E-state index in [2.05, 4.69) is 15.8 Å². The fourth-order valence-electron chi connectivity index (χ4n) is 2.55. The quantitative estimate of drug-likeness (QED) is 0.421. The zero-order valence-electron chi connectivity index (χ0n) is 17.3. The summed E-state index contributed by atoms with van der Waals surface area (Å²) in [6.07, 6.45) is 0.577. The topological polar surface area (TPSA) is 104 Å². The van der Waals surface area contributed by atoms with Crippen LogP contribution < -0.4 is 10.8 Å². The summed E-state index contributed by atoms with van der Waals surface area (Å²) in [6, 6.07) is 6.58. The number of aliphatic hydroxyl groups excluding tert-OH is 2. The van der Waals surface area contributed by atoms with Crippen molar-refractivity contribution in [3.05, 3.63) is 53.0 Å². The molecule has 1 atom stereocenters. The smallest absolute Gasteiger partial charge is 0.278 e. The molecule has 30 heavy (non-hydrogen) atoms. The van der Waals surface area contributed by atoms with Gasteiger partial charge < -0.3 is 15.5 Å². The Morgan fingerprint density at radius 3 is 2.67 bits per heavy atom. The summed E-state index contributed by atoms with van der Waals surface area (Å²) in [5.41, 5.74) is 4.39. The molecule has 2 heterocycles. The van der Waals surface area contributed by atoms with Gasteiger partial charge in [0.1, 0.15) is 28.4 Å². The number of fused-ring (bicyclic) bond motifs is 1. The van der Waals surface area contributed by atoms with Crippen molar-refractivity contribution in [2.45, 2.75) is 33.8 Å². The van der Waals surface area contributed by atoms with Gasteiger partial charge in [-0.05, 0) is 43.2 Å². The third-order valence-corrected chi connectivity index (χ3v) is 4.96. The lowest BCUT2D eigenvalue weighted by Gasteiger charge is -2.11. The van der Waals surface area contributed by atoms with E-state index in [1.54, 1.807) is 25.3 Å². The molecule has 162 valence electrons. The van der Waals surface area contributed by atoms with Crippen LogP contribution in [0.4, 0.5) is 15.1 Å². The Hall–Kier alpha value is -2.59. The van der Waals surface area contributed by atoms with Crippen molar-refractivity contribution < 1.29 is 24.2 Å². The molecule has 3 aromatic rings. The lowest BCUT2D eigenvalue weighted by molar-refractivity contribution is -0.0294. The first kappa shape index (κ1) is 23.7. The third-order valence-electron chi connectivity index (χ3n) is 3.93. The highest BCUT2D eigenvalue weighted by molar-refractivity contribution is 7.23. The molecule has 0 radical (unpaired) electrons. The van der Waals surface area contributed by atoms with Gasteiger partial charge in [-0.3, -0.25) is 9.63 Å². The number of carbonyl (C=O) groups excluding carboxylic acids is 1. The standard InChI is InChI=1S/C19H20FN3O4S.C2H6/c1-10-3-4-15(14(20)6-10)22-19-16(17(26)23-27-9-12(25)8-24)13-5-11(2)7-21-18(13)28-19;1-2/h3-7,12,22,24-25H,8-9H2,1-2H3,(H,23,26);1-2H3. The number of hydroxylamine groups is 1. The van der Waals surface area contributed by atoms with Gasteiger partial charge in [-0.1, -0.05) is 31.3 Å². The zero-order valence-corrected chi connectivity index (χ0v) is 18.1. The number of benzene rings is 1. The molecule has 4 N–H and O–H groups in total. The van der Waals surface area contributed by atoms with E-state index in [4.69, 9.17) is 9.94 Å². The first-order valence-corrected chi connectivity index (χ1v) is 10.3. The summed E-state index contributed by atoms with van der Waals surface area (Å²) < 4.78 is 14.3. The molecule has 0 bridgehead atoms. The average Bonchev–Trinajstić information content (AvgIpc) is 3.08. The van der Waals surface area contributed by atoms with Gasteiger partial charge in [-0.25, -0.2) is 14.9 Å². The molecule has 1 amide bonds. The Morgan fingerprint density at radius 2 is 2.00 bits per heavy atom. The minimum atomic E-state index is -1.11. The van der Waals surface area contributed by atoms with Crippen LogP contribution in [0.2, 0.25) is 0 Å². The van der Waals surface area contributed by atoms with Crippen molar-refractivity contribution in [1.29, 1.82) is 0 Å². The van der Waals surface area contributed by atoms with Crippen molar-refractivity contribution in [2.75, 3.05) is 18.5 Å². The predicted molar refractivity (Wildman–Crippen MR) is 117 cm³/mol. The summed E-state index contributed by atoms with van der Waals surface area (Å²) in [5.74, 6) is -1.01. The summed E-state index contributed by atoms with van der Waals surface area (Å²) in [5, 5.41) is 22.1. The van der Waals surface area contributed by atoms with Crippen LogP contribution >= 0.6 is 11.3 Å². The van der Waals surface area contributed by atoms with Gasteiger partial charge in [0.05, 0.1) is 17.9 Å². The number of anilines is 2. The normalized spacial score (nSPS) is 11.6. The molecule has 3 rings (SSSR count). The molecule has 1 unspecified atom stereocenters. The summed E-state index contributed by atoms with van der Waals surface area (Å²) >= 11 is 1.22. The number of nitrogens with zero attached hydrogens (tertiary/aromatic N) is 1. The maximum Gasteiger partial charge on any atom is 0.278 e. The van der Waals surface area contributed by atoms with Gasteiger partial charge in [-0.15, -0.1) is 0 Å². The Kier molecular flexibility index (Phi) is 8.67. The van der Waals surface area contributed by atoms with Gasteiger partial charge in [0.25, 0.3) is 5.91 Å². The van der Waals surface area contributed by atoms with E-state index in [1.807, 2.05) is 26.8 Å². The van der Waals surface area contributed by atoms with Crippen LogP contribution in [0.25, 0.3) is 10.2 Å². The Bertz CT molecular complexity index is 1010. The second-order valence-corrected chi connectivity index (χ2v) is 7.36. The molecule has 7 nitrogen and oxygen atoms in total. The fraction of sp³-hybridized carbons (Fsp3) is 0.333. The molecule has 0 aliphatic rings. The van der Waals surface area contributed by atoms with Crippen LogP contribution in [0.5, 0.6) is 0 Å². The van der Waals surface area contributed by atoms with Crippen LogP contribution in [-0.2, 0) is 4.84 Å². The minimum absolute atomic E-state index is 0.236. The fourth-order valence-corrected chi connectivity index (χ4v) is 3.59. The van der Waals surface area contributed by atoms with Crippen molar-refractivity contribution in [3.8, 4) is 0 Å². The lowest BCUT2D eigenvalue weighted by atomic mass is 10.1. The summed E-state index contributed by atoms with van der Waals surface area (Å²) in [4.78, 5) is 22.6. The number of aliphatic hydroxyl groups is 2. The van der Waals surface area contributed by atoms with Gasteiger partial charge in [-0.2, -0.15) is 0 Å². The number of hydrogen-bond donors (Lipinski definition) is 4. The van der Waals surface area contributed by atoms with Crippen LogP contribution in [0.3, 0.4) is 0 Å². The molecule has 0 spiro atoms. The minimum Gasteiger partial charge on any atom is -0.394 e. The maximum atomic E-state index is 14.3. The number of aryl methyl sites for hydroxylation is 2. The van der Waals surface area contributed by atoms with E-state index in [1.165, 1.54) is 17.4 Å². The molecule has 2 aromatic heterocycles. The number of amides is 1. The highest BCUT2D eigenvalue weighted by Gasteiger charge is 2.21. The van der Waals surface area contributed by atoms with Crippen molar-refractivity contribution in [2.24, 2.45) is 0 Å². The molecule has 0 aliphatic carbocycles. The van der Waals surface area contributed by atoms with Crippen LogP contribution in [-0.4, -0.2) is 40.4 Å². The Balaban J connectivity index is 0.00000155. The molecule has 0 fully saturated rings. The average molecular weight is 436 g/mol. The Labute approximate surface area is 178 Å². The molecule has 1 aromatic carbocycles. The monoisotopic (exact) mass is 435 g/mol. The van der Waals surface area contributed by atoms with E-state index in [0.717, 1.165) is 11.1 Å². The second kappa shape index (κ2) is 11.0. The predicted octanol–water partition coefficient (Wildman–Crippen LogP) is 3.84. The molecule has 0 saturated carbocycles. The van der Waals surface area contributed by atoms with E-state index >= 15 is 0 Å². The maximum absolute atomic E-state index is 14.3. The first-order chi connectivity index (χ1) is 14.4. The SMILES string of the molecule is CC.Cc1ccc(Nc2sc3ncc(C)cc3c2C(=O)NOCC(O)CO)c(F)c1. The zero-order chi connectivity index (χ0) is 22.3. The number of halogens is 1. The number of hydrogen-bond acceptors (Lipinski definition) is 7. The number of rotatable bonds is 7. The number of thiophene rings is 1. The lowest BCUT2D eigenvalue weighted by Crippen LogP contribution is -2.30. The van der Waals surface area contributed by atoms with E-state index in [9.17, 15) is 14.3 Å². The van der Waals surface area contributed by atoms with Crippen LogP contribution in [0.15, 0.2) is 30.5 Å². The van der Waals surface area contributed by atoms with Gasteiger partial charge in [0.2, 0.25) is 0 Å². The number of carbonyl (C=O) groups is 1. The van der Waals surface area contributed by atoms with Gasteiger partial charge in [0, 0.05) is 11.6 Å². The number of aromatic nitrogens is 1. The Morgan fingerprint density at radius 1 is 1.27 bits per heavy atom. The second-order valence-electron chi connectivity index (χ2n) is 6.36. The largest absolute Gasteiger partial charge is 0.394 e. The van der Waals surface area contributed by atoms with E-state index in [0.29, 0.717) is 15.2 Å². The van der Waals surface area contributed by atoms with E-state index < -0.39 is 24.4 Å². The van der Waals surface area contributed by atoms with Gasteiger partial charge in [0.15, 0.2) is 0 Å². The first-order valence-electron chi connectivity index (χ1n) is 9.52. The number of pyridine rings is 1. The molecule has 0 saturated heterocycles. The number of nitrogens with one attached hydrogen (secondary N) is 2. The van der Waals surface area contributed by atoms with E-state index in [-0.39, 0.29) is 17.9 Å². The molecular weight excluding hydrogens is 409 g/mol. The van der Waals surface area contributed by atoms with Crippen LogP contribution in [0, 0.1) is 19.7 Å². The highest BCUT2D eigenvalue weighted by atomic mass is 32.1. The van der Waals surface area contributed by atoms with Gasteiger partial charge >= 0.3 is 0 Å². The third kappa shape index (κ3) is 5.73. The van der Waals surface area contributed by atoms with Crippen LogP contribution in [0.1, 0.15) is 35.3 Å². The molecular formula is C21H26FN3O4S. The van der Waals surface area contributed by atoms with Crippen molar-refractivity contribution in [3.63, 3.8) is 0 Å². The molecule has 0 aliphatic heterocycles. The van der Waals surface area contributed by atoms with Crippen molar-refractivity contribution in [1.82, 2.24) is 10.5 Å². The summed E-state index contributed by atoms with van der Waals surface area (Å²) in [6.45, 7) is 6.89. The molecule has 9 heteroatoms. The van der Waals surface area contributed by atoms with Crippen molar-refractivity contribution >= 4 is 38.1 Å².